The number of amides is 2. The highest BCUT2D eigenvalue weighted by molar-refractivity contribution is 5.92. The molecule has 20 heavy (non-hydrogen) atoms. The molecule has 0 spiro atoms. The van der Waals surface area contributed by atoms with Gasteiger partial charge in [0.1, 0.15) is 0 Å². The molecule has 0 unspecified atom stereocenters. The summed E-state index contributed by atoms with van der Waals surface area (Å²) in [6.45, 7) is 0.505. The topological polar surface area (TPSA) is 72.2 Å². The van der Waals surface area contributed by atoms with Crippen LogP contribution in [0.4, 0.5) is 0 Å². The van der Waals surface area contributed by atoms with Crippen molar-refractivity contribution in [3.63, 3.8) is 0 Å². The summed E-state index contributed by atoms with van der Waals surface area (Å²) in [7, 11) is 0. The van der Waals surface area contributed by atoms with Crippen molar-refractivity contribution in [3.05, 3.63) is 35.4 Å². The van der Waals surface area contributed by atoms with E-state index in [1.807, 2.05) is 12.1 Å². The van der Waals surface area contributed by atoms with Crippen molar-refractivity contribution in [2.45, 2.75) is 45.1 Å². The number of carbonyl (C=O) groups is 2. The largest absolute Gasteiger partial charge is 0.366 e. The molecule has 4 heteroatoms. The molecular weight excluding hydrogens is 252 g/mol. The van der Waals surface area contributed by atoms with Crippen LogP contribution < -0.4 is 11.1 Å². The van der Waals surface area contributed by atoms with Crippen molar-refractivity contribution in [1.82, 2.24) is 5.32 Å². The van der Waals surface area contributed by atoms with Crippen molar-refractivity contribution >= 4 is 11.8 Å². The summed E-state index contributed by atoms with van der Waals surface area (Å²) in [5.41, 5.74) is 6.65. The Morgan fingerprint density at radius 1 is 1.10 bits per heavy atom. The van der Waals surface area contributed by atoms with Crippen LogP contribution in [0.25, 0.3) is 0 Å². The lowest BCUT2D eigenvalue weighted by atomic mass is 9.87. The summed E-state index contributed by atoms with van der Waals surface area (Å²) >= 11 is 0. The molecule has 3 N–H and O–H groups in total. The predicted molar refractivity (Wildman–Crippen MR) is 78.0 cm³/mol. The number of primary amides is 1. The predicted octanol–water partition coefficient (Wildman–Crippen LogP) is 2.37. The fourth-order valence-electron chi connectivity index (χ4n) is 2.71. The fourth-order valence-corrected chi connectivity index (χ4v) is 2.71. The van der Waals surface area contributed by atoms with Crippen molar-refractivity contribution in [3.8, 4) is 0 Å². The van der Waals surface area contributed by atoms with E-state index < -0.39 is 5.91 Å². The molecule has 0 atom stereocenters. The second-order valence-electron chi connectivity index (χ2n) is 5.55. The van der Waals surface area contributed by atoms with Crippen LogP contribution in [-0.4, -0.2) is 11.8 Å². The molecule has 4 nitrogen and oxygen atoms in total. The van der Waals surface area contributed by atoms with Gasteiger partial charge in [-0.1, -0.05) is 31.4 Å². The van der Waals surface area contributed by atoms with Gasteiger partial charge in [-0.3, -0.25) is 9.59 Å². The Bertz CT molecular complexity index is 462. The standard InChI is InChI=1S/C16H22N2O2/c17-16(20)14-8-6-13(7-9-14)11-18-15(19)10-12-4-2-1-3-5-12/h6-9,12H,1-5,10-11H2,(H2,17,20)(H,18,19). The molecule has 2 rings (SSSR count). The molecule has 0 saturated heterocycles. The highest BCUT2D eigenvalue weighted by atomic mass is 16.1. The number of hydrogen-bond acceptors (Lipinski definition) is 2. The van der Waals surface area contributed by atoms with Gasteiger partial charge in [0.25, 0.3) is 0 Å². The Morgan fingerprint density at radius 2 is 1.75 bits per heavy atom. The summed E-state index contributed by atoms with van der Waals surface area (Å²) in [5.74, 6) is 0.245. The van der Waals surface area contributed by atoms with E-state index >= 15 is 0 Å². The van der Waals surface area contributed by atoms with Gasteiger partial charge in [0.2, 0.25) is 11.8 Å². The third-order valence-electron chi connectivity index (χ3n) is 3.93. The maximum Gasteiger partial charge on any atom is 0.248 e. The molecule has 1 aromatic carbocycles. The third-order valence-corrected chi connectivity index (χ3v) is 3.93. The van der Waals surface area contributed by atoms with Gasteiger partial charge < -0.3 is 11.1 Å². The lowest BCUT2D eigenvalue weighted by molar-refractivity contribution is -0.122. The van der Waals surface area contributed by atoms with Crippen LogP contribution in [0.5, 0.6) is 0 Å². The van der Waals surface area contributed by atoms with Gasteiger partial charge in [0, 0.05) is 18.5 Å². The lowest BCUT2D eigenvalue weighted by Gasteiger charge is -2.20. The second kappa shape index (κ2) is 7.08. The number of carbonyl (C=O) groups excluding carboxylic acids is 2. The minimum atomic E-state index is -0.433. The first kappa shape index (κ1) is 14.6. The number of rotatable bonds is 5. The highest BCUT2D eigenvalue weighted by Gasteiger charge is 2.16. The Balaban J connectivity index is 1.76. The highest BCUT2D eigenvalue weighted by Crippen LogP contribution is 2.26. The monoisotopic (exact) mass is 274 g/mol. The summed E-state index contributed by atoms with van der Waals surface area (Å²) < 4.78 is 0. The van der Waals surface area contributed by atoms with E-state index in [1.54, 1.807) is 12.1 Å². The fraction of sp³-hybridized carbons (Fsp3) is 0.500. The van der Waals surface area contributed by atoms with Crippen molar-refractivity contribution in [1.29, 1.82) is 0 Å². The molecule has 0 aliphatic heterocycles. The maximum absolute atomic E-state index is 11.9. The minimum absolute atomic E-state index is 0.121. The van der Waals surface area contributed by atoms with Gasteiger partial charge in [-0.25, -0.2) is 0 Å². The van der Waals surface area contributed by atoms with E-state index in [1.165, 1.54) is 32.1 Å². The zero-order valence-electron chi connectivity index (χ0n) is 11.7. The zero-order valence-corrected chi connectivity index (χ0v) is 11.7. The second-order valence-corrected chi connectivity index (χ2v) is 5.55. The number of benzene rings is 1. The number of nitrogens with one attached hydrogen (secondary N) is 1. The molecule has 0 heterocycles. The molecule has 1 saturated carbocycles. The molecule has 0 aromatic heterocycles. The first-order chi connectivity index (χ1) is 9.65. The average Bonchev–Trinajstić information content (AvgIpc) is 2.46. The Hall–Kier alpha value is -1.84. The number of hydrogen-bond donors (Lipinski definition) is 2. The molecule has 108 valence electrons. The summed E-state index contributed by atoms with van der Waals surface area (Å²) in [4.78, 5) is 22.8. The van der Waals surface area contributed by atoms with E-state index in [4.69, 9.17) is 5.73 Å². The molecule has 1 fully saturated rings. The Labute approximate surface area is 119 Å². The SMILES string of the molecule is NC(=O)c1ccc(CNC(=O)CC2CCCCC2)cc1. The molecule has 1 aliphatic carbocycles. The maximum atomic E-state index is 11.9. The smallest absolute Gasteiger partial charge is 0.248 e. The van der Waals surface area contributed by atoms with E-state index in [-0.39, 0.29) is 5.91 Å². The van der Waals surface area contributed by atoms with Gasteiger partial charge >= 0.3 is 0 Å². The van der Waals surface area contributed by atoms with Gasteiger partial charge in [-0.15, -0.1) is 0 Å². The Kier molecular flexibility index (Phi) is 5.16. The Morgan fingerprint density at radius 3 is 2.35 bits per heavy atom. The van der Waals surface area contributed by atoms with Crippen LogP contribution >= 0.6 is 0 Å². The average molecular weight is 274 g/mol. The molecule has 2 amide bonds. The van der Waals surface area contributed by atoms with Gasteiger partial charge in [0.15, 0.2) is 0 Å². The minimum Gasteiger partial charge on any atom is -0.366 e. The van der Waals surface area contributed by atoms with Crippen LogP contribution in [0.15, 0.2) is 24.3 Å². The van der Waals surface area contributed by atoms with E-state index in [9.17, 15) is 9.59 Å². The first-order valence-electron chi connectivity index (χ1n) is 7.30. The normalized spacial score (nSPS) is 15.8. The summed E-state index contributed by atoms with van der Waals surface area (Å²) in [6.07, 6.45) is 6.82. The third kappa shape index (κ3) is 4.37. The van der Waals surface area contributed by atoms with Crippen molar-refractivity contribution in [2.75, 3.05) is 0 Å². The quantitative estimate of drug-likeness (QED) is 0.865. The van der Waals surface area contributed by atoms with Gasteiger partial charge in [-0.2, -0.15) is 0 Å². The van der Waals surface area contributed by atoms with Crippen LogP contribution in [0.2, 0.25) is 0 Å². The van der Waals surface area contributed by atoms with Crippen molar-refractivity contribution in [2.24, 2.45) is 11.7 Å². The summed E-state index contributed by atoms with van der Waals surface area (Å²) in [6, 6.07) is 7.01. The number of nitrogens with two attached hydrogens (primary N) is 1. The van der Waals surface area contributed by atoms with Crippen molar-refractivity contribution < 1.29 is 9.59 Å². The van der Waals surface area contributed by atoms with E-state index in [2.05, 4.69) is 5.32 Å². The lowest BCUT2D eigenvalue weighted by Crippen LogP contribution is -2.25. The van der Waals surface area contributed by atoms with E-state index in [0.717, 1.165) is 5.56 Å². The molecule has 1 aromatic rings. The molecular formula is C16H22N2O2. The van der Waals surface area contributed by atoms with Gasteiger partial charge in [0.05, 0.1) is 0 Å². The van der Waals surface area contributed by atoms with Crippen LogP contribution in [0.3, 0.4) is 0 Å². The van der Waals surface area contributed by atoms with E-state index in [0.29, 0.717) is 24.4 Å². The van der Waals surface area contributed by atoms with Crippen LogP contribution in [0, 0.1) is 5.92 Å². The molecule has 1 aliphatic rings. The first-order valence-corrected chi connectivity index (χ1v) is 7.30. The summed E-state index contributed by atoms with van der Waals surface area (Å²) in [5, 5.41) is 2.94. The van der Waals surface area contributed by atoms with Crippen LogP contribution in [-0.2, 0) is 11.3 Å². The van der Waals surface area contributed by atoms with Crippen LogP contribution in [0.1, 0.15) is 54.4 Å². The zero-order chi connectivity index (χ0) is 14.4. The molecule has 0 bridgehead atoms. The molecule has 0 radical (unpaired) electrons. The van der Waals surface area contributed by atoms with Gasteiger partial charge in [-0.05, 0) is 36.5 Å².